The van der Waals surface area contributed by atoms with Gasteiger partial charge in [-0.3, -0.25) is 0 Å². The van der Waals surface area contributed by atoms with E-state index in [1.807, 2.05) is 0 Å². The number of oxime groups is 1. The van der Waals surface area contributed by atoms with Gasteiger partial charge >= 0.3 is 0 Å². The van der Waals surface area contributed by atoms with Crippen LogP contribution in [0, 0.1) is 5.92 Å². The van der Waals surface area contributed by atoms with E-state index >= 15 is 0 Å². The van der Waals surface area contributed by atoms with Crippen molar-refractivity contribution in [2.75, 3.05) is 6.61 Å². The second-order valence-electron chi connectivity index (χ2n) is 2.59. The molecule has 9 heavy (non-hydrogen) atoms. The van der Waals surface area contributed by atoms with E-state index < -0.39 is 0 Å². The average molecular weight is 127 g/mol. The van der Waals surface area contributed by atoms with Crippen molar-refractivity contribution in [3.05, 3.63) is 0 Å². The number of aliphatic hydroxyl groups excluding tert-OH is 1. The quantitative estimate of drug-likeness (QED) is 0.503. The van der Waals surface area contributed by atoms with Gasteiger partial charge in [-0.15, -0.1) is 0 Å². The van der Waals surface area contributed by atoms with Crippen LogP contribution < -0.4 is 0 Å². The standard InChI is InChI=1S/C6H9NO2/c8-6-2-1-5-4(6)3-9-7-5/h4,6,8H,1-3H2/t4-,6-/m0/s1. The molecule has 1 aliphatic heterocycles. The summed E-state index contributed by atoms with van der Waals surface area (Å²) in [6.45, 7) is 0.594. The molecule has 1 fully saturated rings. The van der Waals surface area contributed by atoms with Gasteiger partial charge in [0, 0.05) is 0 Å². The second kappa shape index (κ2) is 1.70. The molecule has 2 atom stereocenters. The van der Waals surface area contributed by atoms with Crippen LogP contribution in [0.25, 0.3) is 0 Å². The molecule has 3 heteroatoms. The van der Waals surface area contributed by atoms with Gasteiger partial charge in [0.2, 0.25) is 0 Å². The van der Waals surface area contributed by atoms with Crippen molar-refractivity contribution in [3.63, 3.8) is 0 Å². The third-order valence-electron chi connectivity index (χ3n) is 2.02. The fraction of sp³-hybridized carbons (Fsp3) is 0.833. The number of hydrogen-bond acceptors (Lipinski definition) is 3. The van der Waals surface area contributed by atoms with Gasteiger partial charge in [-0.1, -0.05) is 5.16 Å². The zero-order valence-corrected chi connectivity index (χ0v) is 5.08. The largest absolute Gasteiger partial charge is 0.395 e. The molecular formula is C6H9NO2. The molecule has 0 amide bonds. The van der Waals surface area contributed by atoms with Gasteiger partial charge in [-0.05, 0) is 12.8 Å². The van der Waals surface area contributed by atoms with Gasteiger partial charge in [0.1, 0.15) is 6.61 Å². The Hall–Kier alpha value is -0.570. The first-order valence-corrected chi connectivity index (χ1v) is 3.25. The Morgan fingerprint density at radius 3 is 3.33 bits per heavy atom. The van der Waals surface area contributed by atoms with Gasteiger partial charge in [-0.25, -0.2) is 0 Å². The van der Waals surface area contributed by atoms with E-state index in [9.17, 15) is 5.11 Å². The van der Waals surface area contributed by atoms with Crippen molar-refractivity contribution in [2.45, 2.75) is 18.9 Å². The first-order valence-electron chi connectivity index (χ1n) is 3.25. The highest BCUT2D eigenvalue weighted by molar-refractivity contribution is 5.89. The van der Waals surface area contributed by atoms with Crippen LogP contribution in [-0.2, 0) is 4.84 Å². The molecule has 0 aromatic rings. The molecule has 0 aromatic carbocycles. The Kier molecular flexibility index (Phi) is 0.990. The van der Waals surface area contributed by atoms with Crippen molar-refractivity contribution in [1.82, 2.24) is 0 Å². The van der Waals surface area contributed by atoms with Crippen LogP contribution in [0.5, 0.6) is 0 Å². The molecule has 2 aliphatic rings. The highest BCUT2D eigenvalue weighted by Crippen LogP contribution is 2.27. The lowest BCUT2D eigenvalue weighted by Crippen LogP contribution is -2.18. The van der Waals surface area contributed by atoms with Crippen molar-refractivity contribution in [2.24, 2.45) is 11.1 Å². The molecule has 0 bridgehead atoms. The smallest absolute Gasteiger partial charge is 0.127 e. The number of rotatable bonds is 0. The highest BCUT2D eigenvalue weighted by Gasteiger charge is 2.35. The van der Waals surface area contributed by atoms with Crippen LogP contribution in [0.1, 0.15) is 12.8 Å². The molecule has 0 aromatic heterocycles. The molecule has 0 radical (unpaired) electrons. The Morgan fingerprint density at radius 1 is 1.67 bits per heavy atom. The fourth-order valence-corrected chi connectivity index (χ4v) is 1.43. The van der Waals surface area contributed by atoms with E-state index in [2.05, 4.69) is 5.16 Å². The molecule has 0 spiro atoms. The number of nitrogens with zero attached hydrogens (tertiary/aromatic N) is 1. The summed E-state index contributed by atoms with van der Waals surface area (Å²) in [7, 11) is 0. The fourth-order valence-electron chi connectivity index (χ4n) is 1.43. The summed E-state index contributed by atoms with van der Waals surface area (Å²) in [4.78, 5) is 4.81. The van der Waals surface area contributed by atoms with Gasteiger partial charge < -0.3 is 9.94 Å². The Bertz CT molecular complexity index is 155. The third kappa shape index (κ3) is 0.645. The molecule has 1 aliphatic carbocycles. The van der Waals surface area contributed by atoms with E-state index in [1.54, 1.807) is 0 Å². The predicted octanol–water partition coefficient (Wildman–Crippen LogP) is 0.143. The van der Waals surface area contributed by atoms with Crippen molar-refractivity contribution in [1.29, 1.82) is 0 Å². The molecule has 0 unspecified atom stereocenters. The minimum absolute atomic E-state index is 0.189. The van der Waals surface area contributed by atoms with Gasteiger partial charge in [0.05, 0.1) is 17.7 Å². The van der Waals surface area contributed by atoms with E-state index in [1.165, 1.54) is 0 Å². The summed E-state index contributed by atoms with van der Waals surface area (Å²) in [5.74, 6) is 0.227. The van der Waals surface area contributed by atoms with Gasteiger partial charge in [0.15, 0.2) is 0 Å². The van der Waals surface area contributed by atoms with Crippen molar-refractivity contribution in [3.8, 4) is 0 Å². The molecule has 2 rings (SSSR count). The summed E-state index contributed by atoms with van der Waals surface area (Å²) in [6, 6.07) is 0. The van der Waals surface area contributed by atoms with Crippen LogP contribution >= 0.6 is 0 Å². The lowest BCUT2D eigenvalue weighted by molar-refractivity contribution is 0.0856. The van der Waals surface area contributed by atoms with E-state index in [0.29, 0.717) is 6.61 Å². The number of aliphatic hydroxyl groups is 1. The number of fused-ring (bicyclic) bond motifs is 1. The van der Waals surface area contributed by atoms with Crippen LogP contribution in [0.2, 0.25) is 0 Å². The zero-order valence-electron chi connectivity index (χ0n) is 5.08. The van der Waals surface area contributed by atoms with E-state index in [-0.39, 0.29) is 12.0 Å². The SMILES string of the molecule is O[C@H]1CCC2=NOC[C@@H]21. The second-order valence-corrected chi connectivity index (χ2v) is 2.59. The summed E-state index contributed by atoms with van der Waals surface area (Å²) in [6.07, 6.45) is 1.60. The average Bonchev–Trinajstić information content (AvgIpc) is 2.35. The summed E-state index contributed by atoms with van der Waals surface area (Å²) in [5.41, 5.74) is 1.06. The molecular weight excluding hydrogens is 118 g/mol. The Labute approximate surface area is 53.3 Å². The molecule has 3 nitrogen and oxygen atoms in total. The van der Waals surface area contributed by atoms with Crippen LogP contribution in [-0.4, -0.2) is 23.5 Å². The molecule has 1 saturated carbocycles. The number of hydrogen-bond donors (Lipinski definition) is 1. The highest BCUT2D eigenvalue weighted by atomic mass is 16.6. The third-order valence-corrected chi connectivity index (χ3v) is 2.02. The maximum Gasteiger partial charge on any atom is 0.127 e. The summed E-state index contributed by atoms with van der Waals surface area (Å²) >= 11 is 0. The van der Waals surface area contributed by atoms with Gasteiger partial charge in [-0.2, -0.15) is 0 Å². The van der Waals surface area contributed by atoms with E-state index in [0.717, 1.165) is 18.6 Å². The maximum absolute atomic E-state index is 9.24. The minimum Gasteiger partial charge on any atom is -0.395 e. The monoisotopic (exact) mass is 127 g/mol. The zero-order chi connectivity index (χ0) is 6.27. The van der Waals surface area contributed by atoms with Crippen LogP contribution in [0.3, 0.4) is 0 Å². The molecule has 1 N–H and O–H groups in total. The molecule has 0 saturated heterocycles. The first kappa shape index (κ1) is 5.23. The minimum atomic E-state index is -0.189. The topological polar surface area (TPSA) is 41.8 Å². The summed E-state index contributed by atoms with van der Waals surface area (Å²) in [5, 5.41) is 13.0. The normalized spacial score (nSPS) is 39.9. The maximum atomic E-state index is 9.24. The van der Waals surface area contributed by atoms with E-state index in [4.69, 9.17) is 4.84 Å². The lowest BCUT2D eigenvalue weighted by atomic mass is 10.1. The lowest BCUT2D eigenvalue weighted by Gasteiger charge is -2.04. The van der Waals surface area contributed by atoms with Crippen LogP contribution in [0.4, 0.5) is 0 Å². The van der Waals surface area contributed by atoms with Crippen molar-refractivity contribution >= 4 is 5.71 Å². The summed E-state index contributed by atoms with van der Waals surface area (Å²) < 4.78 is 0. The predicted molar refractivity (Wildman–Crippen MR) is 32.1 cm³/mol. The van der Waals surface area contributed by atoms with Crippen LogP contribution in [0.15, 0.2) is 5.16 Å². The Morgan fingerprint density at radius 2 is 2.56 bits per heavy atom. The molecule has 1 heterocycles. The Balaban J connectivity index is 2.20. The first-order chi connectivity index (χ1) is 4.38. The van der Waals surface area contributed by atoms with Crippen molar-refractivity contribution < 1.29 is 9.94 Å². The molecule has 50 valence electrons. The van der Waals surface area contributed by atoms with Gasteiger partial charge in [0.25, 0.3) is 0 Å².